The number of hydrogen-bond acceptors (Lipinski definition) is 13. The molecule has 0 aromatic heterocycles. The first-order valence-electron chi connectivity index (χ1n) is 26.6. The van der Waals surface area contributed by atoms with Crippen molar-refractivity contribution in [3.8, 4) is 0 Å². The van der Waals surface area contributed by atoms with E-state index < -0.39 is 85.5 Å². The smallest absolute Gasteiger partial charge is 0.463 e. The second-order valence-electron chi connectivity index (χ2n) is 17.9. The highest BCUT2D eigenvalue weighted by Crippen LogP contribution is 2.45. The van der Waals surface area contributed by atoms with Gasteiger partial charge in [0.05, 0.1) is 26.4 Å². The molecule has 5 unspecified atom stereocenters. The van der Waals surface area contributed by atoms with E-state index in [0.717, 1.165) is 64.2 Å². The van der Waals surface area contributed by atoms with Gasteiger partial charge in [-0.15, -0.1) is 0 Å². The first-order chi connectivity index (χ1) is 33.8. The molecule has 0 rings (SSSR count). The van der Waals surface area contributed by atoms with Crippen LogP contribution in [0.15, 0.2) is 60.8 Å². The standard InChI is InChI=1S/C53H96O15P2/c1-3-5-7-9-11-13-15-17-19-21-23-25-27-29-31-33-35-37-39-41-52(57)63-43-49(54)45-65-69(59,60)67-47-51(56)48-68-70(61,62)66-46-50(55)44-64-53(58)42-40-38-36-34-32-30-28-26-24-22-20-18-16-14-12-10-8-6-4-2/h11,13,17-20,23,25,29,31,49-51,54-56H,3-10,12,14-16,21-22,24,26-28,30,32-48H2,1-2H3,(H,59,60)(H,61,62)/b13-11-,19-17-,20-18+,25-23-,31-29-. The van der Waals surface area contributed by atoms with Gasteiger partial charge in [0.2, 0.25) is 0 Å². The fourth-order valence-corrected chi connectivity index (χ4v) is 8.37. The Bertz CT molecular complexity index is 1480. The average molecular weight is 1040 g/mol. The van der Waals surface area contributed by atoms with Crippen molar-refractivity contribution in [2.75, 3.05) is 39.6 Å². The van der Waals surface area contributed by atoms with Gasteiger partial charge in [0.1, 0.15) is 31.5 Å². The van der Waals surface area contributed by atoms with Crippen LogP contribution in [0, 0.1) is 0 Å². The molecule has 5 N–H and O–H groups in total. The molecule has 0 heterocycles. The highest BCUT2D eigenvalue weighted by molar-refractivity contribution is 7.47. The molecule has 0 aromatic rings. The number of ether oxygens (including phenoxy) is 2. The van der Waals surface area contributed by atoms with Crippen molar-refractivity contribution in [3.05, 3.63) is 60.8 Å². The Morgan fingerprint density at radius 3 is 0.971 bits per heavy atom. The Morgan fingerprint density at radius 1 is 0.371 bits per heavy atom. The predicted molar refractivity (Wildman–Crippen MR) is 279 cm³/mol. The van der Waals surface area contributed by atoms with Crippen LogP contribution in [0.4, 0.5) is 0 Å². The summed E-state index contributed by atoms with van der Waals surface area (Å²) in [5.41, 5.74) is 0. The van der Waals surface area contributed by atoms with Gasteiger partial charge in [-0.1, -0.05) is 171 Å². The number of hydrogen-bond donors (Lipinski definition) is 5. The van der Waals surface area contributed by atoms with E-state index in [4.69, 9.17) is 14.0 Å². The van der Waals surface area contributed by atoms with Crippen molar-refractivity contribution >= 4 is 27.6 Å². The second-order valence-corrected chi connectivity index (χ2v) is 20.8. The zero-order valence-electron chi connectivity index (χ0n) is 43.2. The molecule has 0 aromatic carbocycles. The fraction of sp³-hybridized carbons (Fsp3) is 0.774. The molecule has 70 heavy (non-hydrogen) atoms. The molecule has 0 amide bonds. The molecule has 0 fully saturated rings. The van der Waals surface area contributed by atoms with Crippen LogP contribution in [0.5, 0.6) is 0 Å². The minimum Gasteiger partial charge on any atom is -0.463 e. The SMILES string of the molecule is CCCCC/C=C\C/C=C\C/C=C\C/C=C\CCCCCC(=O)OCC(O)COP(=O)(O)OCC(O)COP(=O)(O)OCC(O)COC(=O)CCCCCCCCCCC/C=C/CCCCCCCC. The Morgan fingerprint density at radius 2 is 0.614 bits per heavy atom. The number of carbonyl (C=O) groups excluding carboxylic acids is 2. The number of esters is 2. The largest absolute Gasteiger partial charge is 0.472 e. The van der Waals surface area contributed by atoms with Crippen LogP contribution >= 0.6 is 15.6 Å². The Kier molecular flexibility index (Phi) is 47.4. The number of unbranched alkanes of at least 4 members (excludes halogenated alkanes) is 21. The maximum absolute atomic E-state index is 12.2. The number of allylic oxidation sites excluding steroid dienone is 10. The third-order valence-electron chi connectivity index (χ3n) is 10.9. The monoisotopic (exact) mass is 1030 g/mol. The van der Waals surface area contributed by atoms with Gasteiger partial charge in [-0.3, -0.25) is 27.7 Å². The van der Waals surface area contributed by atoms with E-state index in [0.29, 0.717) is 12.8 Å². The molecule has 0 aliphatic rings. The molecular formula is C53H96O15P2. The summed E-state index contributed by atoms with van der Waals surface area (Å²) >= 11 is 0. The minimum atomic E-state index is -4.80. The van der Waals surface area contributed by atoms with Crippen molar-refractivity contribution in [2.24, 2.45) is 0 Å². The number of phosphoric ester groups is 2. The maximum Gasteiger partial charge on any atom is 0.472 e. The van der Waals surface area contributed by atoms with Crippen LogP contribution in [0.25, 0.3) is 0 Å². The van der Waals surface area contributed by atoms with Gasteiger partial charge in [0, 0.05) is 12.8 Å². The second kappa shape index (κ2) is 49.0. The summed E-state index contributed by atoms with van der Waals surface area (Å²) in [6.07, 6.45) is 49.1. The van der Waals surface area contributed by atoms with Gasteiger partial charge >= 0.3 is 27.6 Å². The summed E-state index contributed by atoms with van der Waals surface area (Å²) in [4.78, 5) is 43.9. The van der Waals surface area contributed by atoms with Gasteiger partial charge in [-0.05, 0) is 83.5 Å². The van der Waals surface area contributed by atoms with E-state index in [2.05, 4.69) is 88.2 Å². The average Bonchev–Trinajstić information content (AvgIpc) is 3.34. The zero-order valence-corrected chi connectivity index (χ0v) is 45.0. The van der Waals surface area contributed by atoms with E-state index in [1.165, 1.54) is 103 Å². The third kappa shape index (κ3) is 50.7. The molecule has 0 saturated heterocycles. The number of aliphatic hydroxyl groups is 3. The summed E-state index contributed by atoms with van der Waals surface area (Å²) < 4.78 is 53.1. The predicted octanol–water partition coefficient (Wildman–Crippen LogP) is 12.9. The minimum absolute atomic E-state index is 0.157. The lowest BCUT2D eigenvalue weighted by molar-refractivity contribution is -0.148. The highest BCUT2D eigenvalue weighted by atomic mass is 31.2. The van der Waals surface area contributed by atoms with Crippen molar-refractivity contribution in [1.82, 2.24) is 0 Å². The Hall–Kier alpha value is -2.26. The summed E-state index contributed by atoms with van der Waals surface area (Å²) in [7, 11) is -9.59. The van der Waals surface area contributed by atoms with Crippen LogP contribution in [-0.4, -0.2) is 95.0 Å². The van der Waals surface area contributed by atoms with Crippen molar-refractivity contribution in [2.45, 2.75) is 225 Å². The number of aliphatic hydroxyl groups excluding tert-OH is 3. The van der Waals surface area contributed by atoms with E-state index in [1.54, 1.807) is 0 Å². The van der Waals surface area contributed by atoms with Crippen molar-refractivity contribution < 1.29 is 71.4 Å². The number of phosphoric acid groups is 2. The molecule has 17 heteroatoms. The number of carbonyl (C=O) groups is 2. The summed E-state index contributed by atoms with van der Waals surface area (Å²) in [6.45, 7) is 0.366. The summed E-state index contributed by atoms with van der Waals surface area (Å²) in [5.74, 6) is -1.03. The quantitative estimate of drug-likeness (QED) is 0.0165. The van der Waals surface area contributed by atoms with Gasteiger partial charge in [0.25, 0.3) is 0 Å². The van der Waals surface area contributed by atoms with Crippen LogP contribution in [-0.2, 0) is 46.3 Å². The fourth-order valence-electron chi connectivity index (χ4n) is 6.78. The lowest BCUT2D eigenvalue weighted by Crippen LogP contribution is -2.25. The lowest BCUT2D eigenvalue weighted by atomic mass is 10.1. The van der Waals surface area contributed by atoms with Gasteiger partial charge < -0.3 is 34.6 Å². The summed E-state index contributed by atoms with van der Waals surface area (Å²) in [5, 5.41) is 30.1. The molecular weight excluding hydrogens is 939 g/mol. The van der Waals surface area contributed by atoms with Gasteiger partial charge in [0.15, 0.2) is 0 Å². The highest BCUT2D eigenvalue weighted by Gasteiger charge is 2.28. The first kappa shape index (κ1) is 67.7. The molecule has 0 bridgehead atoms. The molecule has 0 aliphatic carbocycles. The van der Waals surface area contributed by atoms with E-state index in [9.17, 15) is 43.8 Å². The van der Waals surface area contributed by atoms with Crippen molar-refractivity contribution in [3.63, 3.8) is 0 Å². The normalized spacial score (nSPS) is 15.4. The van der Waals surface area contributed by atoms with Crippen LogP contribution < -0.4 is 0 Å². The van der Waals surface area contributed by atoms with Crippen LogP contribution in [0.1, 0.15) is 206 Å². The molecule has 408 valence electrons. The third-order valence-corrected chi connectivity index (χ3v) is 12.8. The van der Waals surface area contributed by atoms with Crippen LogP contribution in [0.3, 0.4) is 0 Å². The molecule has 0 aliphatic heterocycles. The van der Waals surface area contributed by atoms with E-state index >= 15 is 0 Å². The topological polar surface area (TPSA) is 225 Å². The van der Waals surface area contributed by atoms with Gasteiger partial charge in [-0.2, -0.15) is 0 Å². The maximum atomic E-state index is 12.2. The van der Waals surface area contributed by atoms with Crippen LogP contribution in [0.2, 0.25) is 0 Å². The lowest BCUT2D eigenvalue weighted by Gasteiger charge is -2.19. The van der Waals surface area contributed by atoms with Gasteiger partial charge in [-0.25, -0.2) is 9.13 Å². The zero-order chi connectivity index (χ0) is 51.7. The molecule has 0 spiro atoms. The Balaban J connectivity index is 3.89. The molecule has 0 radical (unpaired) electrons. The molecule has 0 saturated carbocycles. The Labute approximate surface area is 422 Å². The number of rotatable bonds is 51. The van der Waals surface area contributed by atoms with E-state index in [1.807, 2.05) is 0 Å². The molecule has 15 nitrogen and oxygen atoms in total. The molecule has 5 atom stereocenters. The van der Waals surface area contributed by atoms with Crippen molar-refractivity contribution in [1.29, 1.82) is 0 Å². The summed E-state index contributed by atoms with van der Waals surface area (Å²) in [6, 6.07) is 0. The van der Waals surface area contributed by atoms with E-state index in [-0.39, 0.29) is 12.8 Å². The first-order valence-corrected chi connectivity index (χ1v) is 29.6.